The number of benzene rings is 1. The summed E-state index contributed by atoms with van der Waals surface area (Å²) < 4.78 is 0. The summed E-state index contributed by atoms with van der Waals surface area (Å²) >= 11 is 5.80. The van der Waals surface area contributed by atoms with Crippen molar-refractivity contribution < 1.29 is 9.72 Å². The molecule has 0 aliphatic carbocycles. The molecule has 0 saturated heterocycles. The van der Waals surface area contributed by atoms with Crippen molar-refractivity contribution in [2.45, 2.75) is 32.2 Å². The molecule has 0 aliphatic rings. The first-order valence-corrected chi connectivity index (χ1v) is 6.72. The fourth-order valence-corrected chi connectivity index (χ4v) is 2.12. The molecule has 6 nitrogen and oxygen atoms in total. The molecule has 0 spiro atoms. The summed E-state index contributed by atoms with van der Waals surface area (Å²) in [5.74, 6) is -0.412. The van der Waals surface area contributed by atoms with Gasteiger partial charge in [0, 0.05) is 29.3 Å². The summed E-state index contributed by atoms with van der Waals surface area (Å²) in [6.07, 6.45) is 1.35. The molecule has 1 amide bonds. The minimum atomic E-state index is -0.585. The van der Waals surface area contributed by atoms with Crippen LogP contribution in [-0.2, 0) is 0 Å². The molecule has 0 saturated carbocycles. The highest BCUT2D eigenvalue weighted by Gasteiger charge is 2.27. The molecular weight excluding hydrogens is 282 g/mol. The third-order valence-corrected chi connectivity index (χ3v) is 3.70. The van der Waals surface area contributed by atoms with Gasteiger partial charge in [-0.1, -0.05) is 25.4 Å². The van der Waals surface area contributed by atoms with E-state index in [1.807, 2.05) is 13.8 Å². The van der Waals surface area contributed by atoms with E-state index in [0.29, 0.717) is 19.4 Å². The van der Waals surface area contributed by atoms with E-state index < -0.39 is 16.4 Å². The SMILES string of the molecule is CCC(CC)(CN)NC(=O)c1cc(Cl)cc([N+](=O)[O-])c1. The van der Waals surface area contributed by atoms with E-state index in [9.17, 15) is 14.9 Å². The Labute approximate surface area is 122 Å². The Bertz CT molecular complexity index is 507. The van der Waals surface area contributed by atoms with E-state index in [1.54, 1.807) is 0 Å². The van der Waals surface area contributed by atoms with Gasteiger partial charge in [-0.15, -0.1) is 0 Å². The van der Waals surface area contributed by atoms with E-state index in [-0.39, 0.29) is 16.3 Å². The number of rotatable bonds is 6. The van der Waals surface area contributed by atoms with E-state index in [0.717, 1.165) is 0 Å². The predicted octanol–water partition coefficient (Wildman–Crippen LogP) is 2.50. The van der Waals surface area contributed by atoms with Crippen molar-refractivity contribution in [1.29, 1.82) is 0 Å². The van der Waals surface area contributed by atoms with Crippen LogP contribution < -0.4 is 11.1 Å². The summed E-state index contributed by atoms with van der Waals surface area (Å²) in [4.78, 5) is 22.4. The minimum absolute atomic E-state index is 0.149. The molecule has 3 N–H and O–H groups in total. The Kier molecular flexibility index (Phi) is 5.47. The van der Waals surface area contributed by atoms with Gasteiger partial charge in [0.05, 0.1) is 10.5 Å². The standard InChI is InChI=1S/C13H18ClN3O3/c1-3-13(4-2,8-15)16-12(18)9-5-10(14)7-11(6-9)17(19)20/h5-7H,3-4,8,15H2,1-2H3,(H,16,18). The molecule has 0 radical (unpaired) electrons. The fraction of sp³-hybridized carbons (Fsp3) is 0.462. The summed E-state index contributed by atoms with van der Waals surface area (Å²) in [7, 11) is 0. The van der Waals surface area contributed by atoms with Crippen molar-refractivity contribution in [1.82, 2.24) is 5.32 Å². The molecule has 1 aromatic carbocycles. The molecule has 7 heteroatoms. The van der Waals surface area contributed by atoms with Crippen LogP contribution in [0.2, 0.25) is 5.02 Å². The predicted molar refractivity (Wildman–Crippen MR) is 77.9 cm³/mol. The molecule has 0 fully saturated rings. The zero-order chi connectivity index (χ0) is 15.3. The number of carbonyl (C=O) groups is 1. The monoisotopic (exact) mass is 299 g/mol. The van der Waals surface area contributed by atoms with Crippen LogP contribution >= 0.6 is 11.6 Å². The maximum atomic E-state index is 12.2. The lowest BCUT2D eigenvalue weighted by atomic mass is 9.92. The molecule has 0 heterocycles. The van der Waals surface area contributed by atoms with Crippen LogP contribution in [0.1, 0.15) is 37.0 Å². The largest absolute Gasteiger partial charge is 0.345 e. The highest BCUT2D eigenvalue weighted by molar-refractivity contribution is 6.31. The van der Waals surface area contributed by atoms with Crippen LogP contribution in [0, 0.1) is 10.1 Å². The molecule has 1 aromatic rings. The van der Waals surface area contributed by atoms with Crippen LogP contribution in [0.5, 0.6) is 0 Å². The normalized spacial score (nSPS) is 11.2. The first-order chi connectivity index (χ1) is 9.37. The molecule has 0 atom stereocenters. The fourth-order valence-electron chi connectivity index (χ4n) is 1.89. The van der Waals surface area contributed by atoms with Crippen molar-refractivity contribution in [2.75, 3.05) is 6.54 Å². The molecule has 20 heavy (non-hydrogen) atoms. The van der Waals surface area contributed by atoms with E-state index in [2.05, 4.69) is 5.32 Å². The van der Waals surface area contributed by atoms with Crippen molar-refractivity contribution >= 4 is 23.2 Å². The second-order valence-electron chi connectivity index (χ2n) is 4.60. The van der Waals surface area contributed by atoms with Gasteiger partial charge >= 0.3 is 0 Å². The van der Waals surface area contributed by atoms with Gasteiger partial charge in [-0.05, 0) is 18.9 Å². The third kappa shape index (κ3) is 3.68. The zero-order valence-corrected chi connectivity index (χ0v) is 12.2. The van der Waals surface area contributed by atoms with Gasteiger partial charge in [-0.3, -0.25) is 14.9 Å². The molecule has 0 aliphatic heterocycles. The quantitative estimate of drug-likeness (QED) is 0.623. The van der Waals surface area contributed by atoms with Gasteiger partial charge in [0.2, 0.25) is 0 Å². The number of nitrogens with two attached hydrogens (primary N) is 1. The van der Waals surface area contributed by atoms with Gasteiger partial charge in [0.15, 0.2) is 0 Å². The van der Waals surface area contributed by atoms with Crippen LogP contribution in [-0.4, -0.2) is 22.9 Å². The number of hydrogen-bond donors (Lipinski definition) is 2. The Balaban J connectivity index is 3.06. The number of nitro groups is 1. The lowest BCUT2D eigenvalue weighted by Gasteiger charge is -2.31. The van der Waals surface area contributed by atoms with Gasteiger partial charge in [0.25, 0.3) is 11.6 Å². The first kappa shape index (κ1) is 16.4. The van der Waals surface area contributed by atoms with Crippen LogP contribution in [0.15, 0.2) is 18.2 Å². The molecule has 110 valence electrons. The van der Waals surface area contributed by atoms with Crippen molar-refractivity contribution in [3.8, 4) is 0 Å². The van der Waals surface area contributed by atoms with Gasteiger partial charge < -0.3 is 11.1 Å². The lowest BCUT2D eigenvalue weighted by Crippen LogP contribution is -2.52. The minimum Gasteiger partial charge on any atom is -0.345 e. The topological polar surface area (TPSA) is 98.3 Å². The van der Waals surface area contributed by atoms with Crippen molar-refractivity contribution in [2.24, 2.45) is 5.73 Å². The second-order valence-corrected chi connectivity index (χ2v) is 5.04. The number of hydrogen-bond acceptors (Lipinski definition) is 4. The number of amides is 1. The third-order valence-electron chi connectivity index (χ3n) is 3.48. The lowest BCUT2D eigenvalue weighted by molar-refractivity contribution is -0.384. The smallest absolute Gasteiger partial charge is 0.271 e. The molecule has 0 bridgehead atoms. The van der Waals surface area contributed by atoms with Crippen LogP contribution in [0.3, 0.4) is 0 Å². The second kappa shape index (κ2) is 6.67. The molecular formula is C13H18ClN3O3. The number of nitrogens with one attached hydrogen (secondary N) is 1. The highest BCUT2D eigenvalue weighted by atomic mass is 35.5. The maximum Gasteiger partial charge on any atom is 0.271 e. The van der Waals surface area contributed by atoms with E-state index in [4.69, 9.17) is 17.3 Å². The van der Waals surface area contributed by atoms with Crippen molar-refractivity contribution in [3.63, 3.8) is 0 Å². The number of nitro benzene ring substituents is 1. The summed E-state index contributed by atoms with van der Waals surface area (Å²) in [5.41, 5.74) is 5.15. The molecule has 1 rings (SSSR count). The summed E-state index contributed by atoms with van der Waals surface area (Å²) in [5, 5.41) is 13.8. The average molecular weight is 300 g/mol. The average Bonchev–Trinajstić information content (AvgIpc) is 2.44. The zero-order valence-electron chi connectivity index (χ0n) is 11.5. The molecule has 0 aromatic heterocycles. The first-order valence-electron chi connectivity index (χ1n) is 6.35. The Hall–Kier alpha value is -1.66. The van der Waals surface area contributed by atoms with E-state index >= 15 is 0 Å². The van der Waals surface area contributed by atoms with Gasteiger partial charge in [0.1, 0.15) is 0 Å². The Morgan fingerprint density at radius 1 is 1.40 bits per heavy atom. The van der Waals surface area contributed by atoms with Crippen LogP contribution in [0.25, 0.3) is 0 Å². The number of carbonyl (C=O) groups excluding carboxylic acids is 1. The number of non-ortho nitro benzene ring substituents is 1. The number of halogens is 1. The highest BCUT2D eigenvalue weighted by Crippen LogP contribution is 2.22. The van der Waals surface area contributed by atoms with Crippen molar-refractivity contribution in [3.05, 3.63) is 38.9 Å². The maximum absolute atomic E-state index is 12.2. The summed E-state index contributed by atoms with van der Waals surface area (Å²) in [6, 6.07) is 3.80. The van der Waals surface area contributed by atoms with Gasteiger partial charge in [-0.2, -0.15) is 0 Å². The summed E-state index contributed by atoms with van der Waals surface area (Å²) in [6.45, 7) is 4.16. The number of nitrogens with zero attached hydrogens (tertiary/aromatic N) is 1. The van der Waals surface area contributed by atoms with Gasteiger partial charge in [-0.25, -0.2) is 0 Å². The van der Waals surface area contributed by atoms with Crippen LogP contribution in [0.4, 0.5) is 5.69 Å². The Morgan fingerprint density at radius 3 is 2.45 bits per heavy atom. The molecule has 0 unspecified atom stereocenters. The Morgan fingerprint density at radius 2 is 2.00 bits per heavy atom. The van der Waals surface area contributed by atoms with E-state index in [1.165, 1.54) is 18.2 Å².